The van der Waals surface area contributed by atoms with Crippen molar-refractivity contribution in [1.82, 2.24) is 0 Å². The summed E-state index contributed by atoms with van der Waals surface area (Å²) in [4.78, 5) is 37.7. The van der Waals surface area contributed by atoms with E-state index in [4.69, 9.17) is 9.47 Å². The molecular weight excluding hydrogens is 384 g/mol. The summed E-state index contributed by atoms with van der Waals surface area (Å²) in [6.07, 6.45) is 1.49. The molecule has 166 valence electrons. The Labute approximate surface area is 178 Å². The van der Waals surface area contributed by atoms with Gasteiger partial charge < -0.3 is 14.6 Å². The summed E-state index contributed by atoms with van der Waals surface area (Å²) in [5.74, 6) is -1.41. The van der Waals surface area contributed by atoms with Gasteiger partial charge in [0, 0.05) is 25.2 Å². The van der Waals surface area contributed by atoms with Crippen molar-refractivity contribution in [2.45, 2.75) is 85.0 Å². The fourth-order valence-corrected chi connectivity index (χ4v) is 8.01. The highest BCUT2D eigenvalue weighted by atomic mass is 16.5. The number of hydrogen-bond donors (Lipinski definition) is 1. The highest BCUT2D eigenvalue weighted by molar-refractivity contribution is 6.04. The van der Waals surface area contributed by atoms with E-state index in [1.54, 1.807) is 0 Å². The lowest BCUT2D eigenvalue weighted by Crippen LogP contribution is -2.70. The normalized spacial score (nSPS) is 46.6. The van der Waals surface area contributed by atoms with Crippen molar-refractivity contribution >= 4 is 17.7 Å². The van der Waals surface area contributed by atoms with Gasteiger partial charge in [-0.1, -0.05) is 27.4 Å². The van der Waals surface area contributed by atoms with Gasteiger partial charge in [-0.15, -0.1) is 0 Å². The molecule has 4 aliphatic carbocycles. The third-order valence-electron chi connectivity index (χ3n) is 9.13. The van der Waals surface area contributed by atoms with Gasteiger partial charge in [0.2, 0.25) is 0 Å². The van der Waals surface area contributed by atoms with Crippen molar-refractivity contribution in [3.05, 3.63) is 12.2 Å². The lowest BCUT2D eigenvalue weighted by atomic mass is 9.39. The standard InChI is InChI=1S/C24H34O6/c1-12-15-7-8-16-23(6)17(22(4,5)10-9-18(23)29-13(2)25)11-19(30-14(3)26)24(16,20(12)27)21(15)28/h15-19,21,28H,1,7-11H2,2-6H3/t15-,16-,17+,18+,19+,21-,23-,24-/m0/s1. The molecule has 6 heteroatoms. The molecule has 0 aromatic rings. The first-order valence-electron chi connectivity index (χ1n) is 11.1. The molecule has 6 nitrogen and oxygen atoms in total. The number of rotatable bonds is 2. The van der Waals surface area contributed by atoms with Gasteiger partial charge in [-0.3, -0.25) is 14.4 Å². The summed E-state index contributed by atoms with van der Waals surface area (Å²) >= 11 is 0. The molecule has 4 saturated carbocycles. The number of ketones is 1. The molecule has 0 radical (unpaired) electrons. The number of ether oxygens (including phenoxy) is 2. The van der Waals surface area contributed by atoms with Crippen LogP contribution in [-0.4, -0.2) is 41.1 Å². The van der Waals surface area contributed by atoms with Crippen LogP contribution >= 0.6 is 0 Å². The number of hydrogen-bond acceptors (Lipinski definition) is 6. The maximum Gasteiger partial charge on any atom is 0.302 e. The van der Waals surface area contributed by atoms with Gasteiger partial charge >= 0.3 is 11.9 Å². The molecule has 1 N–H and O–H groups in total. The second-order valence-corrected chi connectivity index (χ2v) is 10.8. The monoisotopic (exact) mass is 418 g/mol. The van der Waals surface area contributed by atoms with E-state index in [-0.39, 0.29) is 41.0 Å². The van der Waals surface area contributed by atoms with Crippen LogP contribution in [0.3, 0.4) is 0 Å². The van der Waals surface area contributed by atoms with Crippen LogP contribution in [0.5, 0.6) is 0 Å². The molecule has 0 aromatic carbocycles. The quantitative estimate of drug-likeness (QED) is 0.547. The molecule has 4 fully saturated rings. The van der Waals surface area contributed by atoms with Crippen LogP contribution in [0.15, 0.2) is 12.2 Å². The van der Waals surface area contributed by atoms with Gasteiger partial charge in [0.25, 0.3) is 0 Å². The number of esters is 2. The topological polar surface area (TPSA) is 89.9 Å². The van der Waals surface area contributed by atoms with Crippen molar-refractivity contribution in [2.24, 2.45) is 34.0 Å². The van der Waals surface area contributed by atoms with Crippen molar-refractivity contribution in [3.8, 4) is 0 Å². The first-order valence-corrected chi connectivity index (χ1v) is 11.1. The van der Waals surface area contributed by atoms with Crippen LogP contribution in [-0.2, 0) is 23.9 Å². The smallest absolute Gasteiger partial charge is 0.302 e. The molecule has 2 bridgehead atoms. The van der Waals surface area contributed by atoms with Crippen molar-refractivity contribution < 1.29 is 29.0 Å². The largest absolute Gasteiger partial charge is 0.462 e. The number of aliphatic hydroxyl groups excluding tert-OH is 1. The van der Waals surface area contributed by atoms with Crippen LogP contribution in [0.2, 0.25) is 0 Å². The molecule has 0 heterocycles. The van der Waals surface area contributed by atoms with E-state index in [1.807, 2.05) is 0 Å². The predicted octanol–water partition coefficient (Wildman–Crippen LogP) is 3.21. The molecule has 1 spiro atoms. The van der Waals surface area contributed by atoms with E-state index in [2.05, 4.69) is 27.4 Å². The van der Waals surface area contributed by atoms with Gasteiger partial charge in [0.05, 0.1) is 6.10 Å². The SMILES string of the molecule is C=C1C(=O)[C@@]23[C@H](OC(C)=O)C[C@@H]4C(C)(C)CC[C@@H](OC(C)=O)[C@@]4(C)[C@@H]2CC[C@@H]1[C@@H]3O. The highest BCUT2D eigenvalue weighted by Gasteiger charge is 2.76. The molecule has 0 aliphatic heterocycles. The van der Waals surface area contributed by atoms with Gasteiger partial charge in [0.1, 0.15) is 17.6 Å². The van der Waals surface area contributed by atoms with Crippen LogP contribution in [0.1, 0.15) is 66.7 Å². The molecule has 4 aliphatic rings. The third kappa shape index (κ3) is 2.55. The summed E-state index contributed by atoms with van der Waals surface area (Å²) in [5.41, 5.74) is -1.34. The zero-order chi connectivity index (χ0) is 22.2. The molecule has 30 heavy (non-hydrogen) atoms. The van der Waals surface area contributed by atoms with Crippen molar-refractivity contribution in [3.63, 3.8) is 0 Å². The Hall–Kier alpha value is -1.69. The Morgan fingerprint density at radius 1 is 1.00 bits per heavy atom. The van der Waals surface area contributed by atoms with E-state index in [9.17, 15) is 19.5 Å². The first kappa shape index (κ1) is 21.5. The molecule has 0 amide bonds. The lowest BCUT2D eigenvalue weighted by molar-refractivity contribution is -0.259. The maximum atomic E-state index is 13.7. The summed E-state index contributed by atoms with van der Waals surface area (Å²) in [6, 6.07) is 0. The average molecular weight is 419 g/mol. The highest BCUT2D eigenvalue weighted by Crippen LogP contribution is 2.71. The van der Waals surface area contributed by atoms with Crippen LogP contribution < -0.4 is 0 Å². The molecule has 8 atom stereocenters. The van der Waals surface area contributed by atoms with Gasteiger partial charge in [-0.2, -0.15) is 0 Å². The Balaban J connectivity index is 1.92. The summed E-state index contributed by atoms with van der Waals surface area (Å²) < 4.78 is 11.7. The van der Waals surface area contributed by atoms with Crippen LogP contribution in [0, 0.1) is 34.0 Å². The minimum absolute atomic E-state index is 0.0773. The number of Topliss-reactive ketones (excluding diaryl/α,β-unsaturated/α-hetero) is 1. The Kier molecular flexibility index (Phi) is 4.78. The third-order valence-corrected chi connectivity index (χ3v) is 9.13. The van der Waals surface area contributed by atoms with E-state index in [0.29, 0.717) is 24.8 Å². The van der Waals surface area contributed by atoms with Gasteiger partial charge in [-0.05, 0) is 54.9 Å². The minimum Gasteiger partial charge on any atom is -0.462 e. The number of carbonyl (C=O) groups is 3. The molecular formula is C24H34O6. The molecule has 0 unspecified atom stereocenters. The molecule has 0 saturated heterocycles. The number of aliphatic hydroxyl groups is 1. The van der Waals surface area contributed by atoms with Gasteiger partial charge in [-0.25, -0.2) is 0 Å². The average Bonchev–Trinajstić information content (AvgIpc) is 2.74. The number of fused-ring (bicyclic) bond motifs is 3. The minimum atomic E-state index is -1.21. The summed E-state index contributed by atoms with van der Waals surface area (Å²) in [7, 11) is 0. The maximum absolute atomic E-state index is 13.7. The van der Waals surface area contributed by atoms with Crippen LogP contribution in [0.25, 0.3) is 0 Å². The second kappa shape index (κ2) is 6.65. The predicted molar refractivity (Wildman–Crippen MR) is 109 cm³/mol. The lowest BCUT2D eigenvalue weighted by Gasteiger charge is -2.66. The Morgan fingerprint density at radius 3 is 2.20 bits per heavy atom. The van der Waals surface area contributed by atoms with Crippen LogP contribution in [0.4, 0.5) is 0 Å². The fraction of sp³-hybridized carbons (Fsp3) is 0.792. The zero-order valence-corrected chi connectivity index (χ0v) is 18.7. The number of carbonyl (C=O) groups excluding carboxylic acids is 3. The van der Waals surface area contributed by atoms with E-state index in [1.165, 1.54) is 13.8 Å². The van der Waals surface area contributed by atoms with Crippen molar-refractivity contribution in [1.29, 1.82) is 0 Å². The second-order valence-electron chi connectivity index (χ2n) is 10.8. The first-order chi connectivity index (χ1) is 13.9. The Morgan fingerprint density at radius 2 is 1.60 bits per heavy atom. The zero-order valence-electron chi connectivity index (χ0n) is 18.7. The summed E-state index contributed by atoms with van der Waals surface area (Å²) in [5, 5.41) is 11.4. The molecule has 0 aromatic heterocycles. The van der Waals surface area contributed by atoms with Gasteiger partial charge in [0.15, 0.2) is 5.78 Å². The van der Waals surface area contributed by atoms with Crippen molar-refractivity contribution in [2.75, 3.05) is 0 Å². The summed E-state index contributed by atoms with van der Waals surface area (Å²) in [6.45, 7) is 13.3. The van der Waals surface area contributed by atoms with E-state index in [0.717, 1.165) is 12.8 Å². The Bertz CT molecular complexity index is 815. The molecule has 4 rings (SSSR count). The van der Waals surface area contributed by atoms with E-state index < -0.39 is 29.0 Å². The van der Waals surface area contributed by atoms with E-state index >= 15 is 0 Å². The fourth-order valence-electron chi connectivity index (χ4n) is 8.01.